The predicted molar refractivity (Wildman–Crippen MR) is 129 cm³/mol. The van der Waals surface area contributed by atoms with Gasteiger partial charge >= 0.3 is 167 Å². The molecule has 0 fully saturated rings. The van der Waals surface area contributed by atoms with Gasteiger partial charge in [0.2, 0.25) is 0 Å². The zero-order chi connectivity index (χ0) is 18.8. The minimum absolute atomic E-state index is 0. The molecule has 28 heavy (non-hydrogen) atoms. The first-order valence-electron chi connectivity index (χ1n) is 9.27. The molecule has 0 aromatic rings. The summed E-state index contributed by atoms with van der Waals surface area (Å²) in [5.74, 6) is 0. The summed E-state index contributed by atoms with van der Waals surface area (Å²) >= 11 is -1.65. The van der Waals surface area contributed by atoms with Gasteiger partial charge in [0.25, 0.3) is 0 Å². The molecule has 0 aromatic carbocycles. The van der Waals surface area contributed by atoms with E-state index < -0.39 is 24.1 Å². The molecule has 0 amide bonds. The zero-order valence-corrected chi connectivity index (χ0v) is 21.0. The molecule has 0 atom stereocenters. The Kier molecular flexibility index (Phi) is 14.9. The summed E-state index contributed by atoms with van der Waals surface area (Å²) in [5, 5.41) is 0. The van der Waals surface area contributed by atoms with Crippen molar-refractivity contribution in [2.45, 2.75) is 12.8 Å². The third-order valence-electron chi connectivity index (χ3n) is 4.64. The maximum atomic E-state index is 4.02. The van der Waals surface area contributed by atoms with Crippen LogP contribution < -0.4 is 0 Å². The van der Waals surface area contributed by atoms with Gasteiger partial charge in [0, 0.05) is 0 Å². The van der Waals surface area contributed by atoms with Gasteiger partial charge in [-0.15, -0.1) is 24.8 Å². The summed E-state index contributed by atoms with van der Waals surface area (Å²) in [4.78, 5) is 0. The molecule has 0 aliphatic heterocycles. The van der Waals surface area contributed by atoms with Crippen LogP contribution in [0, 0.1) is 0 Å². The molecule has 0 unspecified atom stereocenters. The average molecular weight is 472 g/mol. The average Bonchev–Trinajstić information content (AvgIpc) is 3.33. The Balaban J connectivity index is 0.00000364. The standard InChI is InChI=1S/C12H21N2Si.2C5H5.2ClH.Ti/c1-5-9-13(10-6-2)15-14(11-7-3)12-8-4;2*1-2-4-5-3-1;;;/h5-8,15H,1-4,9-12H2;2*1-3H,4H2;2*1H;. The van der Waals surface area contributed by atoms with Crippen molar-refractivity contribution < 1.29 is 17.1 Å². The Hall–Kier alpha value is -0.649. The smallest absolute Gasteiger partial charge is 0.147 e. The number of rotatable bonds is 13. The molecule has 153 valence electrons. The van der Waals surface area contributed by atoms with Crippen molar-refractivity contribution in [2.24, 2.45) is 0 Å². The molecule has 2 aliphatic rings. The van der Waals surface area contributed by atoms with Gasteiger partial charge in [-0.25, -0.2) is 0 Å². The van der Waals surface area contributed by atoms with Crippen molar-refractivity contribution >= 4 is 31.8 Å². The molecule has 2 aliphatic carbocycles. The Morgan fingerprint density at radius 1 is 0.750 bits per heavy atom. The van der Waals surface area contributed by atoms with E-state index in [1.807, 2.05) is 24.3 Å². The van der Waals surface area contributed by atoms with Gasteiger partial charge in [-0.3, -0.25) is 0 Å². The maximum Gasteiger partial charge on any atom is -0.147 e. The Morgan fingerprint density at radius 3 is 1.36 bits per heavy atom. The van der Waals surface area contributed by atoms with Gasteiger partial charge in [-0.05, 0) is 0 Å². The van der Waals surface area contributed by atoms with E-state index in [4.69, 9.17) is 0 Å². The van der Waals surface area contributed by atoms with Gasteiger partial charge in [0.05, 0.1) is 0 Å². The van der Waals surface area contributed by atoms with Gasteiger partial charge in [0.1, 0.15) is 0 Å². The fourth-order valence-corrected chi connectivity index (χ4v) is 19.7. The molecule has 0 heterocycles. The van der Waals surface area contributed by atoms with E-state index in [0.717, 1.165) is 39.0 Å². The number of allylic oxidation sites excluding steroid dienone is 8. The summed E-state index contributed by atoms with van der Waals surface area (Å²) in [6.45, 7) is 18.4. The zero-order valence-electron chi connectivity index (χ0n) is 16.6. The van der Waals surface area contributed by atoms with Gasteiger partial charge in [-0.1, -0.05) is 0 Å². The van der Waals surface area contributed by atoms with E-state index in [1.54, 1.807) is 7.76 Å². The second-order valence-electron chi connectivity index (χ2n) is 6.50. The molecule has 0 aromatic heterocycles. The quantitative estimate of drug-likeness (QED) is 0.269. The Bertz CT molecular complexity index is 581. The second-order valence-corrected chi connectivity index (χ2v) is 16.8. The Labute approximate surface area is 191 Å². The summed E-state index contributed by atoms with van der Waals surface area (Å²) in [5.41, 5.74) is 0. The monoisotopic (exact) mass is 471 g/mol. The van der Waals surface area contributed by atoms with Crippen molar-refractivity contribution in [1.82, 2.24) is 9.13 Å². The summed E-state index contributed by atoms with van der Waals surface area (Å²) in [6, 6.07) is 0. The normalized spacial score (nSPS) is 14.4. The minimum atomic E-state index is -1.65. The molecule has 0 bridgehead atoms. The maximum absolute atomic E-state index is 4.02. The van der Waals surface area contributed by atoms with E-state index >= 15 is 0 Å². The van der Waals surface area contributed by atoms with Gasteiger partial charge in [-0.2, -0.15) is 0 Å². The van der Waals surface area contributed by atoms with E-state index in [0.29, 0.717) is 0 Å². The van der Waals surface area contributed by atoms with Crippen LogP contribution in [0.3, 0.4) is 0 Å². The van der Waals surface area contributed by atoms with Crippen molar-refractivity contribution in [2.75, 3.05) is 26.2 Å². The second kappa shape index (κ2) is 15.2. The van der Waals surface area contributed by atoms with Crippen molar-refractivity contribution in [3.8, 4) is 0 Å². The molecule has 0 saturated heterocycles. The first-order chi connectivity index (χ1) is 12.8. The molecule has 0 spiro atoms. The molecule has 2 rings (SSSR count). The largest absolute Gasteiger partial charge is 0.147 e. The van der Waals surface area contributed by atoms with Gasteiger partial charge in [0.15, 0.2) is 0 Å². The van der Waals surface area contributed by atoms with Crippen LogP contribution >= 0.6 is 24.8 Å². The van der Waals surface area contributed by atoms with Crippen LogP contribution in [0.15, 0.2) is 94.8 Å². The third kappa shape index (κ3) is 7.31. The SMILES string of the molecule is C=CCN(CC=C)[SiH](N(CC=C)CC=C)[Ti]([C]1=CC=CC1)[C]1=CC=CC1.Cl.Cl. The number of nitrogens with zero attached hydrogens (tertiary/aromatic N) is 2. The van der Waals surface area contributed by atoms with Crippen LogP contribution in [0.1, 0.15) is 12.8 Å². The molecular formula is C22H33Cl2N2SiTi. The van der Waals surface area contributed by atoms with Crippen molar-refractivity contribution in [1.29, 1.82) is 0 Å². The summed E-state index contributed by atoms with van der Waals surface area (Å²) in [6.07, 6.45) is 24.3. The predicted octanol–water partition coefficient (Wildman–Crippen LogP) is 5.20. The van der Waals surface area contributed by atoms with Crippen LogP contribution in [-0.2, 0) is 17.1 Å². The van der Waals surface area contributed by atoms with Crippen LogP contribution in [0.25, 0.3) is 0 Å². The van der Waals surface area contributed by atoms with Crippen LogP contribution in [0.5, 0.6) is 0 Å². The Morgan fingerprint density at radius 2 is 1.11 bits per heavy atom. The van der Waals surface area contributed by atoms with E-state index in [9.17, 15) is 0 Å². The topological polar surface area (TPSA) is 6.48 Å². The first kappa shape index (κ1) is 27.4. The first-order valence-corrected chi connectivity index (χ1v) is 15.1. The summed E-state index contributed by atoms with van der Waals surface area (Å²) in [7, 11) is 0. The van der Waals surface area contributed by atoms with Gasteiger partial charge < -0.3 is 0 Å². The fraction of sp³-hybridized carbons (Fsp3) is 0.273. The molecule has 0 saturated carbocycles. The number of hydrogen-bond acceptors (Lipinski definition) is 2. The van der Waals surface area contributed by atoms with E-state index in [-0.39, 0.29) is 24.8 Å². The summed E-state index contributed by atoms with van der Waals surface area (Å²) < 4.78 is 8.74. The minimum Gasteiger partial charge on any atom is -0.147 e. The molecule has 0 radical (unpaired) electrons. The van der Waals surface area contributed by atoms with Crippen LogP contribution in [-0.4, -0.2) is 42.3 Å². The molecule has 6 heteroatoms. The number of halogens is 2. The van der Waals surface area contributed by atoms with E-state index in [2.05, 4.69) is 71.9 Å². The molecule has 0 N–H and O–H groups in total. The fourth-order valence-electron chi connectivity index (χ4n) is 3.64. The number of hydrogen-bond donors (Lipinski definition) is 0. The van der Waals surface area contributed by atoms with Crippen molar-refractivity contribution in [3.05, 3.63) is 94.8 Å². The van der Waals surface area contributed by atoms with Crippen molar-refractivity contribution in [3.63, 3.8) is 0 Å². The van der Waals surface area contributed by atoms with E-state index in [1.165, 1.54) is 0 Å². The van der Waals surface area contributed by atoms with Crippen LogP contribution in [0.2, 0.25) is 0 Å². The molecular weight excluding hydrogens is 439 g/mol. The molecule has 2 nitrogen and oxygen atoms in total. The van der Waals surface area contributed by atoms with Crippen LogP contribution in [0.4, 0.5) is 0 Å². The third-order valence-corrected chi connectivity index (χ3v) is 19.6.